The molecule has 6 heteroatoms. The van der Waals surface area contributed by atoms with Crippen LogP contribution in [0.25, 0.3) is 0 Å². The molecule has 0 bridgehead atoms. The Hall–Kier alpha value is -1.79. The number of halogens is 2. The number of aliphatic hydroxyl groups is 1. The average molecular weight is 321 g/mol. The molecule has 0 aliphatic carbocycles. The summed E-state index contributed by atoms with van der Waals surface area (Å²) in [6.45, 7) is 4.16. The van der Waals surface area contributed by atoms with E-state index >= 15 is 0 Å². The van der Waals surface area contributed by atoms with Gasteiger partial charge in [0.25, 0.3) is 0 Å². The van der Waals surface area contributed by atoms with Gasteiger partial charge in [-0.1, -0.05) is 6.07 Å². The van der Waals surface area contributed by atoms with E-state index in [1.54, 1.807) is 6.07 Å². The molecule has 0 saturated carbocycles. The molecule has 23 heavy (non-hydrogen) atoms. The Labute approximate surface area is 134 Å². The van der Waals surface area contributed by atoms with Crippen LogP contribution in [-0.4, -0.2) is 39.0 Å². The lowest BCUT2D eigenvalue weighted by Crippen LogP contribution is -2.27. The molecule has 1 aromatic carbocycles. The zero-order chi connectivity index (χ0) is 16.4. The van der Waals surface area contributed by atoms with E-state index in [9.17, 15) is 13.9 Å². The molecule has 4 nitrogen and oxygen atoms in total. The summed E-state index contributed by atoms with van der Waals surface area (Å²) in [5.74, 6) is -1.68. The van der Waals surface area contributed by atoms with Crippen molar-refractivity contribution in [3.63, 3.8) is 0 Å². The number of benzene rings is 1. The van der Waals surface area contributed by atoms with Crippen LogP contribution < -0.4 is 0 Å². The fourth-order valence-corrected chi connectivity index (χ4v) is 3.17. The monoisotopic (exact) mass is 321 g/mol. The molecule has 3 rings (SSSR count). The van der Waals surface area contributed by atoms with Gasteiger partial charge in [-0.15, -0.1) is 0 Å². The van der Waals surface area contributed by atoms with E-state index in [1.165, 1.54) is 6.07 Å². The number of aromatic nitrogens is 2. The molecule has 0 spiro atoms. The fourth-order valence-electron chi connectivity index (χ4n) is 3.17. The Balaban J connectivity index is 1.70. The van der Waals surface area contributed by atoms with E-state index in [0.717, 1.165) is 31.1 Å². The van der Waals surface area contributed by atoms with Gasteiger partial charge < -0.3 is 5.11 Å². The second-order valence-corrected chi connectivity index (χ2v) is 6.03. The molecule has 1 aliphatic rings. The van der Waals surface area contributed by atoms with Gasteiger partial charge in [-0.2, -0.15) is 5.10 Å². The number of aryl methyl sites for hydroxylation is 1. The average Bonchev–Trinajstić information content (AvgIpc) is 3.14. The maximum absolute atomic E-state index is 13.5. The van der Waals surface area contributed by atoms with E-state index in [1.807, 2.05) is 24.0 Å². The van der Waals surface area contributed by atoms with Gasteiger partial charge in [-0.05, 0) is 43.0 Å². The lowest BCUT2D eigenvalue weighted by Gasteiger charge is -2.24. The third-order valence-corrected chi connectivity index (χ3v) is 4.41. The number of rotatable bonds is 5. The van der Waals surface area contributed by atoms with E-state index < -0.39 is 17.7 Å². The van der Waals surface area contributed by atoms with Crippen LogP contribution in [-0.2, 0) is 13.0 Å². The molecule has 0 radical (unpaired) electrons. The predicted molar refractivity (Wildman–Crippen MR) is 82.9 cm³/mol. The van der Waals surface area contributed by atoms with Crippen LogP contribution in [0.5, 0.6) is 0 Å². The van der Waals surface area contributed by atoms with Gasteiger partial charge in [0.1, 0.15) is 0 Å². The highest BCUT2D eigenvalue weighted by atomic mass is 19.2. The van der Waals surface area contributed by atoms with Crippen LogP contribution in [0.15, 0.2) is 30.6 Å². The Morgan fingerprint density at radius 2 is 2.13 bits per heavy atom. The van der Waals surface area contributed by atoms with Gasteiger partial charge in [0.05, 0.1) is 12.3 Å². The second-order valence-electron chi connectivity index (χ2n) is 6.03. The van der Waals surface area contributed by atoms with Crippen molar-refractivity contribution >= 4 is 0 Å². The number of β-amino-alcohol motifs (C(OH)–C–C–N with tert-alkyl or cyclic N) is 1. The third-order valence-electron chi connectivity index (χ3n) is 4.41. The highest BCUT2D eigenvalue weighted by Gasteiger charge is 2.32. The Bertz CT molecular complexity index is 674. The topological polar surface area (TPSA) is 41.3 Å². The smallest absolute Gasteiger partial charge is 0.159 e. The maximum Gasteiger partial charge on any atom is 0.159 e. The van der Waals surface area contributed by atoms with E-state index in [-0.39, 0.29) is 6.04 Å². The normalized spacial score (nSPS) is 21.9. The molecule has 2 heterocycles. The molecule has 2 atom stereocenters. The predicted octanol–water partition coefficient (Wildman–Crippen LogP) is 2.53. The molecule has 1 saturated heterocycles. The molecule has 2 aromatic rings. The summed E-state index contributed by atoms with van der Waals surface area (Å²) < 4.78 is 28.5. The zero-order valence-electron chi connectivity index (χ0n) is 13.1. The van der Waals surface area contributed by atoms with Crippen LogP contribution >= 0.6 is 0 Å². The fraction of sp³-hybridized carbons (Fsp3) is 0.471. The minimum atomic E-state index is -0.842. The second kappa shape index (κ2) is 6.76. The largest absolute Gasteiger partial charge is 0.392 e. The van der Waals surface area contributed by atoms with Crippen molar-refractivity contribution in [3.8, 4) is 0 Å². The van der Waals surface area contributed by atoms with Gasteiger partial charge in [0.15, 0.2) is 11.6 Å². The highest BCUT2D eigenvalue weighted by Crippen LogP contribution is 2.32. The molecule has 1 aliphatic heterocycles. The summed E-state index contributed by atoms with van der Waals surface area (Å²) >= 11 is 0. The first kappa shape index (κ1) is 16.1. The molecule has 0 amide bonds. The lowest BCUT2D eigenvalue weighted by molar-refractivity contribution is 0.175. The summed E-state index contributed by atoms with van der Waals surface area (Å²) in [6.07, 6.45) is 4.78. The standard InChI is InChI=1S/C17H21F2N3O/c1-2-22-10-12(9-20-22)5-6-21-11-14(23)8-17(21)13-3-4-15(18)16(19)7-13/h3-4,7,9-10,14,17,23H,2,5-6,8,11H2,1H3/t14-,17-/m1/s1. The van der Waals surface area contributed by atoms with Gasteiger partial charge in [0.2, 0.25) is 0 Å². The van der Waals surface area contributed by atoms with Crippen LogP contribution in [0.1, 0.15) is 30.5 Å². The van der Waals surface area contributed by atoms with E-state index in [0.29, 0.717) is 18.5 Å². The first-order valence-electron chi connectivity index (χ1n) is 7.95. The Kier molecular flexibility index (Phi) is 4.73. The Morgan fingerprint density at radius 1 is 1.30 bits per heavy atom. The molecule has 1 fully saturated rings. The number of aliphatic hydroxyl groups excluding tert-OH is 1. The molecular formula is C17H21F2N3O. The maximum atomic E-state index is 13.5. The molecule has 1 N–H and O–H groups in total. The van der Waals surface area contributed by atoms with Gasteiger partial charge in [-0.25, -0.2) is 8.78 Å². The van der Waals surface area contributed by atoms with Gasteiger partial charge in [0, 0.05) is 31.9 Å². The molecule has 124 valence electrons. The molecule has 0 unspecified atom stereocenters. The highest BCUT2D eigenvalue weighted by molar-refractivity contribution is 5.23. The quantitative estimate of drug-likeness (QED) is 0.920. The van der Waals surface area contributed by atoms with Crippen molar-refractivity contribution in [2.24, 2.45) is 0 Å². The van der Waals surface area contributed by atoms with Crippen LogP contribution in [0.3, 0.4) is 0 Å². The summed E-state index contributed by atoms with van der Waals surface area (Å²) in [5.41, 5.74) is 1.85. The molecule has 1 aromatic heterocycles. The van der Waals surface area contributed by atoms with Crippen molar-refractivity contribution in [1.82, 2.24) is 14.7 Å². The third kappa shape index (κ3) is 3.59. The van der Waals surface area contributed by atoms with E-state index in [4.69, 9.17) is 0 Å². The summed E-state index contributed by atoms with van der Waals surface area (Å²) in [5, 5.41) is 14.2. The first-order valence-corrected chi connectivity index (χ1v) is 7.95. The first-order chi connectivity index (χ1) is 11.1. The summed E-state index contributed by atoms with van der Waals surface area (Å²) in [6, 6.07) is 3.91. The summed E-state index contributed by atoms with van der Waals surface area (Å²) in [7, 11) is 0. The summed E-state index contributed by atoms with van der Waals surface area (Å²) in [4.78, 5) is 2.13. The van der Waals surface area contributed by atoms with Crippen molar-refractivity contribution in [1.29, 1.82) is 0 Å². The number of likely N-dealkylation sites (tertiary alicyclic amines) is 1. The number of hydrogen-bond acceptors (Lipinski definition) is 3. The lowest BCUT2D eigenvalue weighted by atomic mass is 10.0. The van der Waals surface area contributed by atoms with Gasteiger partial charge >= 0.3 is 0 Å². The Morgan fingerprint density at radius 3 is 2.83 bits per heavy atom. The van der Waals surface area contributed by atoms with Crippen molar-refractivity contribution in [3.05, 3.63) is 53.4 Å². The van der Waals surface area contributed by atoms with E-state index in [2.05, 4.69) is 10.00 Å². The minimum Gasteiger partial charge on any atom is -0.392 e. The van der Waals surface area contributed by atoms with Crippen LogP contribution in [0, 0.1) is 11.6 Å². The van der Waals surface area contributed by atoms with Crippen LogP contribution in [0.4, 0.5) is 8.78 Å². The van der Waals surface area contributed by atoms with Crippen molar-refractivity contribution in [2.75, 3.05) is 13.1 Å². The number of hydrogen-bond donors (Lipinski definition) is 1. The SMILES string of the molecule is CCn1cc(CCN2C[C@H](O)C[C@@H]2c2ccc(F)c(F)c2)cn1. The minimum absolute atomic E-state index is 0.0821. The van der Waals surface area contributed by atoms with Crippen molar-refractivity contribution in [2.45, 2.75) is 38.5 Å². The van der Waals surface area contributed by atoms with Gasteiger partial charge in [-0.3, -0.25) is 9.58 Å². The van der Waals surface area contributed by atoms with Crippen molar-refractivity contribution < 1.29 is 13.9 Å². The van der Waals surface area contributed by atoms with Crippen LogP contribution in [0.2, 0.25) is 0 Å². The number of nitrogens with zero attached hydrogens (tertiary/aromatic N) is 3. The zero-order valence-corrected chi connectivity index (χ0v) is 13.1. The molecular weight excluding hydrogens is 300 g/mol.